The number of thioether (sulfide) groups is 1. The maximum absolute atomic E-state index is 13.0. The molecule has 11 nitrogen and oxygen atoms in total. The van der Waals surface area contributed by atoms with Crippen LogP contribution in [-0.2, 0) is 33.3 Å². The molecule has 2 saturated heterocycles. The first kappa shape index (κ1) is 33.6. The topological polar surface area (TPSA) is 154 Å². The molecule has 12 heteroatoms. The molecule has 0 aromatic rings. The van der Waals surface area contributed by atoms with Gasteiger partial charge in [-0.05, 0) is 64.4 Å². The molecule has 1 saturated carbocycles. The number of ether oxygens (including phenoxy) is 5. The van der Waals surface area contributed by atoms with Crippen LogP contribution in [0.15, 0.2) is 11.6 Å². The summed E-state index contributed by atoms with van der Waals surface area (Å²) in [6, 6.07) is -1.16. The summed E-state index contributed by atoms with van der Waals surface area (Å²) < 4.78 is 29.4. The van der Waals surface area contributed by atoms with Crippen molar-refractivity contribution in [2.75, 3.05) is 38.9 Å². The first-order valence-electron chi connectivity index (χ1n) is 14.5. The zero-order valence-electron chi connectivity index (χ0n) is 25.5. The molecule has 8 atom stereocenters. The highest BCUT2D eigenvalue weighted by atomic mass is 32.2. The predicted octanol–water partition coefficient (Wildman–Crippen LogP) is 2.55. The average molecular weight is 600 g/mol. The van der Waals surface area contributed by atoms with Crippen LogP contribution in [0.4, 0.5) is 4.79 Å². The van der Waals surface area contributed by atoms with E-state index in [-0.39, 0.29) is 42.8 Å². The fourth-order valence-electron chi connectivity index (χ4n) is 5.69. The molecule has 2 amide bonds. The third-order valence-electron chi connectivity index (χ3n) is 8.40. The molecular formula is C29H49N3O8S. The summed E-state index contributed by atoms with van der Waals surface area (Å²) in [5.74, 6) is -0.375. The van der Waals surface area contributed by atoms with Crippen molar-refractivity contribution in [3.63, 3.8) is 0 Å². The lowest BCUT2D eigenvalue weighted by molar-refractivity contribution is -0.145. The van der Waals surface area contributed by atoms with Crippen LogP contribution in [-0.4, -0.2) is 98.4 Å². The molecule has 2 heterocycles. The molecule has 0 aromatic carbocycles. The van der Waals surface area contributed by atoms with Crippen molar-refractivity contribution >= 4 is 29.7 Å². The number of alkyl carbamates (subject to hydrolysis) is 1. The third-order valence-corrected chi connectivity index (χ3v) is 9.05. The molecule has 0 bridgehead atoms. The number of nitrogens with two attached hydrogens (primary N) is 1. The van der Waals surface area contributed by atoms with Gasteiger partial charge in [-0.2, -0.15) is 11.8 Å². The second-order valence-electron chi connectivity index (χ2n) is 12.1. The Morgan fingerprint density at radius 1 is 1.24 bits per heavy atom. The molecule has 2 aliphatic heterocycles. The van der Waals surface area contributed by atoms with Crippen LogP contribution in [0.1, 0.15) is 60.3 Å². The van der Waals surface area contributed by atoms with Crippen LogP contribution in [0.5, 0.6) is 0 Å². The predicted molar refractivity (Wildman–Crippen MR) is 157 cm³/mol. The van der Waals surface area contributed by atoms with Gasteiger partial charge in [-0.15, -0.1) is 0 Å². The average Bonchev–Trinajstić information content (AvgIpc) is 3.84. The largest absolute Gasteiger partial charge is 0.462 e. The van der Waals surface area contributed by atoms with E-state index < -0.39 is 41.8 Å². The van der Waals surface area contributed by atoms with E-state index in [1.165, 1.54) is 5.57 Å². The Bertz CT molecular complexity index is 954. The number of epoxide rings is 2. The fraction of sp³-hybridized carbons (Fsp3) is 0.828. The number of allylic oxidation sites excluding steroid dienone is 1. The SMILES string of the molecule is CO[C@@H]1[C@H](OC(=O)N[C@@H](COC(=O)CNC(=O)[C@@H](N)CCSC)C(C)C)CCC2(CO2)[C@H]1C1(C)OC1CC=C(C)C. The maximum atomic E-state index is 13.0. The van der Waals surface area contributed by atoms with Gasteiger partial charge >= 0.3 is 12.1 Å². The number of hydrogen-bond acceptors (Lipinski definition) is 10. The Hall–Kier alpha value is -1.86. The van der Waals surface area contributed by atoms with Gasteiger partial charge in [0, 0.05) is 7.11 Å². The van der Waals surface area contributed by atoms with E-state index in [1.807, 2.05) is 20.1 Å². The van der Waals surface area contributed by atoms with Gasteiger partial charge in [0.25, 0.3) is 0 Å². The van der Waals surface area contributed by atoms with E-state index in [0.29, 0.717) is 19.4 Å². The van der Waals surface area contributed by atoms with Crippen LogP contribution >= 0.6 is 11.8 Å². The number of amides is 2. The van der Waals surface area contributed by atoms with Gasteiger partial charge in [0.1, 0.15) is 36.6 Å². The Labute approximate surface area is 248 Å². The van der Waals surface area contributed by atoms with Crippen molar-refractivity contribution in [2.24, 2.45) is 17.6 Å². The smallest absolute Gasteiger partial charge is 0.407 e. The molecule has 41 heavy (non-hydrogen) atoms. The number of esters is 1. The molecule has 1 spiro atoms. The number of nitrogens with one attached hydrogen (secondary N) is 2. The number of hydrogen-bond donors (Lipinski definition) is 3. The summed E-state index contributed by atoms with van der Waals surface area (Å²) in [7, 11) is 1.63. The Kier molecular flexibility index (Phi) is 11.9. The van der Waals surface area contributed by atoms with Gasteiger partial charge in [0.2, 0.25) is 5.91 Å². The van der Waals surface area contributed by atoms with E-state index in [4.69, 9.17) is 29.4 Å². The summed E-state index contributed by atoms with van der Waals surface area (Å²) in [5.41, 5.74) is 6.33. The van der Waals surface area contributed by atoms with Crippen LogP contribution in [0, 0.1) is 11.8 Å². The third kappa shape index (κ3) is 8.82. The van der Waals surface area contributed by atoms with Gasteiger partial charge in [-0.25, -0.2) is 4.79 Å². The lowest BCUT2D eigenvalue weighted by Gasteiger charge is -2.42. The Morgan fingerprint density at radius 3 is 2.54 bits per heavy atom. The number of carbonyl (C=O) groups excluding carboxylic acids is 3. The number of carbonyl (C=O) groups is 3. The fourth-order valence-corrected chi connectivity index (χ4v) is 6.18. The van der Waals surface area contributed by atoms with Crippen molar-refractivity contribution in [3.8, 4) is 0 Å². The maximum Gasteiger partial charge on any atom is 0.407 e. The van der Waals surface area contributed by atoms with Crippen molar-refractivity contribution in [2.45, 2.75) is 102 Å². The molecule has 3 rings (SSSR count). The van der Waals surface area contributed by atoms with Crippen molar-refractivity contribution in [1.29, 1.82) is 0 Å². The Morgan fingerprint density at radius 2 is 1.95 bits per heavy atom. The molecule has 3 unspecified atom stereocenters. The quantitative estimate of drug-likeness (QED) is 0.145. The van der Waals surface area contributed by atoms with Gasteiger partial charge in [-0.3, -0.25) is 9.59 Å². The molecular weight excluding hydrogens is 550 g/mol. The minimum Gasteiger partial charge on any atom is -0.462 e. The minimum atomic E-state index is -0.677. The van der Waals surface area contributed by atoms with Gasteiger partial charge in [0.05, 0.1) is 30.7 Å². The first-order valence-corrected chi connectivity index (χ1v) is 15.9. The highest BCUT2D eigenvalue weighted by molar-refractivity contribution is 7.98. The van der Waals surface area contributed by atoms with Gasteiger partial charge in [-0.1, -0.05) is 25.5 Å². The zero-order valence-corrected chi connectivity index (χ0v) is 26.3. The number of methoxy groups -OCH3 is 1. The molecule has 1 aliphatic carbocycles. The minimum absolute atomic E-state index is 0.0417. The normalized spacial score (nSPS) is 31.6. The van der Waals surface area contributed by atoms with Gasteiger partial charge < -0.3 is 40.1 Å². The van der Waals surface area contributed by atoms with Crippen LogP contribution < -0.4 is 16.4 Å². The molecule has 4 N–H and O–H groups in total. The highest BCUT2D eigenvalue weighted by Crippen LogP contribution is 2.59. The van der Waals surface area contributed by atoms with E-state index in [2.05, 4.69) is 37.5 Å². The van der Waals surface area contributed by atoms with Crippen LogP contribution in [0.2, 0.25) is 0 Å². The molecule has 3 fully saturated rings. The summed E-state index contributed by atoms with van der Waals surface area (Å²) in [6.07, 6.45) is 5.39. The standard InChI is InChI=1S/C29H49N3O8S/c1-17(2)8-9-22-28(5,40-22)25-24(36-6)21(10-12-29(25)16-38-29)39-27(35)32-20(18(3)4)15-37-23(33)14-31-26(34)19(30)11-13-41-7/h8,18-22,24-25H,9-16,30H2,1-7H3,(H,31,34)(H,32,35)/t19-,20-,21+,22?,24+,25+,28?,29?/m0/s1. The summed E-state index contributed by atoms with van der Waals surface area (Å²) >= 11 is 1.60. The lowest BCUT2D eigenvalue weighted by Crippen LogP contribution is -2.56. The summed E-state index contributed by atoms with van der Waals surface area (Å²) in [5, 5.41) is 5.35. The molecule has 0 aromatic heterocycles. The zero-order chi connectivity index (χ0) is 30.4. The van der Waals surface area contributed by atoms with Gasteiger partial charge in [0.15, 0.2) is 0 Å². The van der Waals surface area contributed by atoms with E-state index in [9.17, 15) is 14.4 Å². The summed E-state index contributed by atoms with van der Waals surface area (Å²) in [6.45, 7) is 10.4. The molecule has 0 radical (unpaired) electrons. The first-order chi connectivity index (χ1) is 19.4. The second-order valence-corrected chi connectivity index (χ2v) is 13.1. The van der Waals surface area contributed by atoms with Crippen molar-refractivity contribution < 1.29 is 38.1 Å². The molecule has 234 valence electrons. The monoisotopic (exact) mass is 599 g/mol. The summed E-state index contributed by atoms with van der Waals surface area (Å²) in [4.78, 5) is 37.3. The van der Waals surface area contributed by atoms with Crippen molar-refractivity contribution in [3.05, 3.63) is 11.6 Å². The van der Waals surface area contributed by atoms with E-state index in [1.54, 1.807) is 18.9 Å². The van der Waals surface area contributed by atoms with E-state index >= 15 is 0 Å². The van der Waals surface area contributed by atoms with E-state index in [0.717, 1.165) is 18.6 Å². The molecule has 3 aliphatic rings. The Balaban J connectivity index is 1.52. The highest BCUT2D eigenvalue weighted by Gasteiger charge is 2.72. The lowest BCUT2D eigenvalue weighted by atomic mass is 9.68. The van der Waals surface area contributed by atoms with Crippen LogP contribution in [0.3, 0.4) is 0 Å². The van der Waals surface area contributed by atoms with Crippen molar-refractivity contribution in [1.82, 2.24) is 10.6 Å². The number of rotatable bonds is 15. The van der Waals surface area contributed by atoms with Crippen LogP contribution in [0.25, 0.3) is 0 Å². The second kappa shape index (κ2) is 14.5.